The third-order valence-corrected chi connectivity index (χ3v) is 4.88. The van der Waals surface area contributed by atoms with E-state index in [1.807, 2.05) is 0 Å². The molecule has 0 bridgehead atoms. The van der Waals surface area contributed by atoms with E-state index in [9.17, 15) is 8.42 Å². The highest BCUT2D eigenvalue weighted by atomic mass is 32.2. The molecular weight excluding hydrogens is 234 g/mol. The van der Waals surface area contributed by atoms with Gasteiger partial charge in [-0.3, -0.25) is 0 Å². The molecule has 104 valence electrons. The molecule has 0 spiro atoms. The molecule has 0 aliphatic carbocycles. The Morgan fingerprint density at radius 1 is 0.765 bits per heavy atom. The molecule has 0 rings (SSSR count). The average Bonchev–Trinajstić information content (AvgIpc) is 2.29. The van der Waals surface area contributed by atoms with E-state index >= 15 is 0 Å². The molecular formula is C13H29NO2S. The van der Waals surface area contributed by atoms with E-state index < -0.39 is 10.0 Å². The van der Waals surface area contributed by atoms with Gasteiger partial charge in [-0.15, -0.1) is 0 Å². The molecule has 0 aromatic heterocycles. The first kappa shape index (κ1) is 16.9. The van der Waals surface area contributed by atoms with E-state index in [1.54, 1.807) is 4.31 Å². The molecule has 0 atom stereocenters. The fourth-order valence-corrected chi connectivity index (χ4v) is 3.36. The van der Waals surface area contributed by atoms with Crippen LogP contribution < -0.4 is 0 Å². The predicted molar refractivity (Wildman–Crippen MR) is 74.7 cm³/mol. The molecule has 0 aromatic rings. The zero-order valence-electron chi connectivity index (χ0n) is 11.7. The smallest absolute Gasteiger partial charge is 0.212 e. The van der Waals surface area contributed by atoms with Crippen LogP contribution in [0, 0.1) is 0 Å². The number of sulfonamides is 1. The van der Waals surface area contributed by atoms with Crippen LogP contribution in [0.3, 0.4) is 0 Å². The first-order valence-electron chi connectivity index (χ1n) is 7.06. The molecule has 0 radical (unpaired) electrons. The maximum absolute atomic E-state index is 12.1. The second kappa shape index (κ2) is 9.89. The van der Waals surface area contributed by atoms with E-state index in [0.29, 0.717) is 18.8 Å². The van der Waals surface area contributed by atoms with Crippen LogP contribution in [-0.2, 0) is 10.0 Å². The summed E-state index contributed by atoms with van der Waals surface area (Å²) in [5.74, 6) is 0.328. The lowest BCUT2D eigenvalue weighted by atomic mass is 10.3. The maximum atomic E-state index is 12.1. The van der Waals surface area contributed by atoms with Gasteiger partial charge in [-0.1, -0.05) is 46.5 Å². The molecule has 0 fully saturated rings. The van der Waals surface area contributed by atoms with Crippen molar-refractivity contribution < 1.29 is 8.42 Å². The standard InChI is InChI=1S/C13H29NO2S/c1-4-7-10-13-17(15,16)14(11-8-5-2)12-9-6-3/h4-13H2,1-3H3. The van der Waals surface area contributed by atoms with Crippen molar-refractivity contribution in [3.63, 3.8) is 0 Å². The lowest BCUT2D eigenvalue weighted by Crippen LogP contribution is -2.34. The summed E-state index contributed by atoms with van der Waals surface area (Å²) in [6, 6.07) is 0. The monoisotopic (exact) mass is 263 g/mol. The van der Waals surface area contributed by atoms with Gasteiger partial charge in [0.05, 0.1) is 5.75 Å². The van der Waals surface area contributed by atoms with Crippen LogP contribution in [0.25, 0.3) is 0 Å². The van der Waals surface area contributed by atoms with Crippen molar-refractivity contribution in [2.75, 3.05) is 18.8 Å². The number of rotatable bonds is 11. The summed E-state index contributed by atoms with van der Waals surface area (Å²) in [6.07, 6.45) is 6.91. The van der Waals surface area contributed by atoms with E-state index in [-0.39, 0.29) is 0 Å². The first-order valence-corrected chi connectivity index (χ1v) is 8.67. The Hall–Kier alpha value is -0.0900. The lowest BCUT2D eigenvalue weighted by Gasteiger charge is -2.21. The topological polar surface area (TPSA) is 37.4 Å². The van der Waals surface area contributed by atoms with Gasteiger partial charge in [0.25, 0.3) is 0 Å². The minimum absolute atomic E-state index is 0.328. The molecule has 0 saturated heterocycles. The molecule has 0 aliphatic rings. The summed E-state index contributed by atoms with van der Waals surface area (Å²) >= 11 is 0. The Morgan fingerprint density at radius 3 is 1.65 bits per heavy atom. The highest BCUT2D eigenvalue weighted by molar-refractivity contribution is 7.89. The number of hydrogen-bond donors (Lipinski definition) is 0. The summed E-state index contributed by atoms with van der Waals surface area (Å²) in [6.45, 7) is 7.69. The zero-order chi connectivity index (χ0) is 13.1. The Balaban J connectivity index is 4.30. The average molecular weight is 263 g/mol. The number of unbranched alkanes of at least 4 members (excludes halogenated alkanes) is 4. The van der Waals surface area contributed by atoms with E-state index in [2.05, 4.69) is 20.8 Å². The van der Waals surface area contributed by atoms with Gasteiger partial charge in [-0.05, 0) is 19.3 Å². The molecule has 3 nitrogen and oxygen atoms in total. The van der Waals surface area contributed by atoms with Gasteiger partial charge in [0.15, 0.2) is 0 Å². The number of hydrogen-bond acceptors (Lipinski definition) is 2. The molecule has 17 heavy (non-hydrogen) atoms. The van der Waals surface area contributed by atoms with Crippen molar-refractivity contribution >= 4 is 10.0 Å². The zero-order valence-corrected chi connectivity index (χ0v) is 12.6. The summed E-state index contributed by atoms with van der Waals surface area (Å²) in [5, 5.41) is 0. The number of nitrogens with zero attached hydrogens (tertiary/aromatic N) is 1. The summed E-state index contributed by atoms with van der Waals surface area (Å²) in [5.41, 5.74) is 0. The normalized spacial score (nSPS) is 12.2. The first-order chi connectivity index (χ1) is 8.08. The highest BCUT2D eigenvalue weighted by Gasteiger charge is 2.19. The largest absolute Gasteiger partial charge is 0.214 e. The Morgan fingerprint density at radius 2 is 1.24 bits per heavy atom. The van der Waals surface area contributed by atoms with Crippen LogP contribution in [0.15, 0.2) is 0 Å². The van der Waals surface area contributed by atoms with Gasteiger partial charge >= 0.3 is 0 Å². The van der Waals surface area contributed by atoms with Crippen molar-refractivity contribution in [3.05, 3.63) is 0 Å². The fourth-order valence-electron chi connectivity index (χ4n) is 1.72. The van der Waals surface area contributed by atoms with Gasteiger partial charge < -0.3 is 0 Å². The third-order valence-electron chi connectivity index (χ3n) is 2.92. The van der Waals surface area contributed by atoms with Crippen LogP contribution in [-0.4, -0.2) is 31.6 Å². The quantitative estimate of drug-likeness (QED) is 0.536. The Kier molecular flexibility index (Phi) is 9.84. The lowest BCUT2D eigenvalue weighted by molar-refractivity contribution is 0.394. The molecule has 0 amide bonds. The summed E-state index contributed by atoms with van der Waals surface area (Å²) in [7, 11) is -3.01. The van der Waals surface area contributed by atoms with Crippen LogP contribution in [0.2, 0.25) is 0 Å². The molecule has 0 saturated carbocycles. The van der Waals surface area contributed by atoms with Crippen molar-refractivity contribution in [1.29, 1.82) is 0 Å². The minimum atomic E-state index is -3.01. The summed E-state index contributed by atoms with van der Waals surface area (Å²) < 4.78 is 26.0. The van der Waals surface area contributed by atoms with Crippen molar-refractivity contribution in [3.8, 4) is 0 Å². The molecule has 0 aliphatic heterocycles. The fraction of sp³-hybridized carbons (Fsp3) is 1.00. The molecule has 0 heterocycles. The third kappa shape index (κ3) is 7.77. The van der Waals surface area contributed by atoms with Crippen LogP contribution in [0.1, 0.15) is 65.7 Å². The van der Waals surface area contributed by atoms with Gasteiger partial charge in [0.1, 0.15) is 0 Å². The van der Waals surface area contributed by atoms with Gasteiger partial charge in [-0.25, -0.2) is 12.7 Å². The van der Waals surface area contributed by atoms with E-state index in [0.717, 1.165) is 44.9 Å². The Labute approximate surface area is 108 Å². The molecule has 0 unspecified atom stereocenters. The second-order valence-electron chi connectivity index (χ2n) is 4.63. The van der Waals surface area contributed by atoms with Crippen molar-refractivity contribution in [1.82, 2.24) is 4.31 Å². The predicted octanol–water partition coefficient (Wildman–Crippen LogP) is 3.41. The van der Waals surface area contributed by atoms with Gasteiger partial charge in [0.2, 0.25) is 10.0 Å². The van der Waals surface area contributed by atoms with Crippen molar-refractivity contribution in [2.45, 2.75) is 65.7 Å². The molecule has 0 N–H and O–H groups in total. The molecule has 4 heteroatoms. The maximum Gasteiger partial charge on any atom is 0.214 e. The van der Waals surface area contributed by atoms with Gasteiger partial charge in [-0.2, -0.15) is 0 Å². The minimum Gasteiger partial charge on any atom is -0.212 e. The van der Waals surface area contributed by atoms with E-state index in [1.165, 1.54) is 0 Å². The van der Waals surface area contributed by atoms with Crippen molar-refractivity contribution in [2.24, 2.45) is 0 Å². The van der Waals surface area contributed by atoms with Gasteiger partial charge in [0, 0.05) is 13.1 Å². The highest BCUT2D eigenvalue weighted by Crippen LogP contribution is 2.09. The van der Waals surface area contributed by atoms with Crippen LogP contribution >= 0.6 is 0 Å². The second-order valence-corrected chi connectivity index (χ2v) is 6.72. The van der Waals surface area contributed by atoms with Crippen LogP contribution in [0.4, 0.5) is 0 Å². The van der Waals surface area contributed by atoms with E-state index in [4.69, 9.17) is 0 Å². The summed E-state index contributed by atoms with van der Waals surface area (Å²) in [4.78, 5) is 0. The molecule has 0 aromatic carbocycles. The van der Waals surface area contributed by atoms with Crippen LogP contribution in [0.5, 0.6) is 0 Å². The Bertz CT molecular complexity index is 255. The SMILES string of the molecule is CCCCCS(=O)(=O)N(CCCC)CCCC.